The zero-order valence-corrected chi connectivity index (χ0v) is 10.9. The molecule has 0 aliphatic heterocycles. The standard InChI is InChI=1S/C13H15ClN2O2/c1-16(7-13(18)15-11-4-5-11)12-6-10(14)3-2-9(12)8-17/h2-3,6,8,11H,4-5,7H2,1H3,(H,15,18). The van der Waals surface area contributed by atoms with Crippen LogP contribution in [0.3, 0.4) is 0 Å². The predicted molar refractivity (Wildman–Crippen MR) is 71.3 cm³/mol. The van der Waals surface area contributed by atoms with Gasteiger partial charge in [-0.05, 0) is 31.0 Å². The maximum atomic E-state index is 11.7. The van der Waals surface area contributed by atoms with Gasteiger partial charge in [0.25, 0.3) is 0 Å². The van der Waals surface area contributed by atoms with Crippen molar-refractivity contribution in [2.24, 2.45) is 0 Å². The fourth-order valence-corrected chi connectivity index (χ4v) is 1.91. The maximum Gasteiger partial charge on any atom is 0.239 e. The average molecular weight is 267 g/mol. The zero-order valence-electron chi connectivity index (χ0n) is 10.1. The van der Waals surface area contributed by atoms with E-state index in [1.165, 1.54) is 0 Å². The summed E-state index contributed by atoms with van der Waals surface area (Å²) < 4.78 is 0. The van der Waals surface area contributed by atoms with Crippen LogP contribution in [-0.4, -0.2) is 31.8 Å². The number of amides is 1. The summed E-state index contributed by atoms with van der Waals surface area (Å²) in [5.74, 6) is -0.0307. The van der Waals surface area contributed by atoms with Crippen LogP contribution in [-0.2, 0) is 4.79 Å². The Morgan fingerprint density at radius 3 is 2.89 bits per heavy atom. The van der Waals surface area contributed by atoms with Gasteiger partial charge in [0, 0.05) is 29.4 Å². The predicted octanol–water partition coefficient (Wildman–Crippen LogP) is 1.87. The molecule has 1 amide bonds. The third-order valence-corrected chi connectivity index (χ3v) is 3.09. The summed E-state index contributed by atoms with van der Waals surface area (Å²) in [7, 11) is 1.77. The summed E-state index contributed by atoms with van der Waals surface area (Å²) in [5.41, 5.74) is 1.20. The van der Waals surface area contributed by atoms with Gasteiger partial charge in [-0.2, -0.15) is 0 Å². The number of carbonyl (C=O) groups excluding carboxylic acids is 2. The van der Waals surface area contributed by atoms with Crippen molar-refractivity contribution in [1.29, 1.82) is 0 Å². The Hall–Kier alpha value is -1.55. The van der Waals surface area contributed by atoms with E-state index < -0.39 is 0 Å². The normalized spacial score (nSPS) is 14.1. The number of hydrogen-bond donors (Lipinski definition) is 1. The molecule has 1 aliphatic rings. The van der Waals surface area contributed by atoms with Crippen LogP contribution in [0.25, 0.3) is 0 Å². The third-order valence-electron chi connectivity index (χ3n) is 2.85. The molecule has 4 nitrogen and oxygen atoms in total. The van der Waals surface area contributed by atoms with Crippen LogP contribution in [0.1, 0.15) is 23.2 Å². The van der Waals surface area contributed by atoms with E-state index >= 15 is 0 Å². The van der Waals surface area contributed by atoms with Gasteiger partial charge in [0.2, 0.25) is 5.91 Å². The van der Waals surface area contributed by atoms with Crippen LogP contribution in [0.5, 0.6) is 0 Å². The molecule has 0 unspecified atom stereocenters. The number of nitrogens with one attached hydrogen (secondary N) is 1. The molecular weight excluding hydrogens is 252 g/mol. The second kappa shape index (κ2) is 5.40. The van der Waals surface area contributed by atoms with Gasteiger partial charge in [-0.15, -0.1) is 0 Å². The topological polar surface area (TPSA) is 49.4 Å². The van der Waals surface area contributed by atoms with Crippen molar-refractivity contribution >= 4 is 29.5 Å². The van der Waals surface area contributed by atoms with E-state index in [-0.39, 0.29) is 12.5 Å². The van der Waals surface area contributed by atoms with Gasteiger partial charge < -0.3 is 10.2 Å². The van der Waals surface area contributed by atoms with Crippen molar-refractivity contribution < 1.29 is 9.59 Å². The van der Waals surface area contributed by atoms with Gasteiger partial charge in [0.1, 0.15) is 0 Å². The highest BCUT2D eigenvalue weighted by Crippen LogP contribution is 2.23. The fourth-order valence-electron chi connectivity index (χ4n) is 1.75. The number of aldehydes is 1. The summed E-state index contributed by atoms with van der Waals surface area (Å²) in [6.07, 6.45) is 2.89. The van der Waals surface area contributed by atoms with Gasteiger partial charge in [0.15, 0.2) is 6.29 Å². The SMILES string of the molecule is CN(CC(=O)NC1CC1)c1cc(Cl)ccc1C=O. The Morgan fingerprint density at radius 1 is 1.56 bits per heavy atom. The van der Waals surface area contributed by atoms with Crippen LogP contribution < -0.4 is 10.2 Å². The van der Waals surface area contributed by atoms with Crippen LogP contribution in [0.2, 0.25) is 5.02 Å². The molecule has 18 heavy (non-hydrogen) atoms. The van der Waals surface area contributed by atoms with Crippen molar-refractivity contribution in [1.82, 2.24) is 5.32 Å². The molecular formula is C13H15ClN2O2. The second-order valence-electron chi connectivity index (χ2n) is 4.52. The highest BCUT2D eigenvalue weighted by atomic mass is 35.5. The van der Waals surface area contributed by atoms with Crippen LogP contribution >= 0.6 is 11.6 Å². The first-order chi connectivity index (χ1) is 8.60. The van der Waals surface area contributed by atoms with Crippen LogP contribution in [0, 0.1) is 0 Å². The molecule has 0 saturated heterocycles. The Kier molecular flexibility index (Phi) is 3.87. The molecule has 1 aromatic rings. The van der Waals surface area contributed by atoms with Gasteiger partial charge in [0.05, 0.1) is 6.54 Å². The first-order valence-corrected chi connectivity index (χ1v) is 6.23. The number of hydrogen-bond acceptors (Lipinski definition) is 3. The van der Waals surface area contributed by atoms with Gasteiger partial charge >= 0.3 is 0 Å². The minimum atomic E-state index is -0.0307. The van der Waals surface area contributed by atoms with Gasteiger partial charge in [-0.25, -0.2) is 0 Å². The van der Waals surface area contributed by atoms with E-state index in [1.807, 2.05) is 0 Å². The van der Waals surface area contributed by atoms with Crippen molar-refractivity contribution in [3.8, 4) is 0 Å². The third kappa shape index (κ3) is 3.23. The minimum Gasteiger partial charge on any atom is -0.365 e. The number of carbonyl (C=O) groups is 2. The largest absolute Gasteiger partial charge is 0.365 e. The van der Waals surface area contributed by atoms with E-state index in [1.54, 1.807) is 30.1 Å². The Labute approximate surface area is 111 Å². The maximum absolute atomic E-state index is 11.7. The number of rotatable bonds is 5. The molecule has 1 N–H and O–H groups in total. The van der Waals surface area contributed by atoms with E-state index in [4.69, 9.17) is 11.6 Å². The summed E-state index contributed by atoms with van der Waals surface area (Å²) in [6.45, 7) is 0.220. The molecule has 0 aromatic heterocycles. The summed E-state index contributed by atoms with van der Waals surface area (Å²) in [6, 6.07) is 5.35. The summed E-state index contributed by atoms with van der Waals surface area (Å²) in [4.78, 5) is 24.4. The summed E-state index contributed by atoms with van der Waals surface area (Å²) >= 11 is 5.91. The zero-order chi connectivity index (χ0) is 13.1. The van der Waals surface area contributed by atoms with E-state index in [2.05, 4.69) is 5.32 Å². The van der Waals surface area contributed by atoms with Gasteiger partial charge in [-0.1, -0.05) is 11.6 Å². The van der Waals surface area contributed by atoms with Gasteiger partial charge in [-0.3, -0.25) is 9.59 Å². The van der Waals surface area contributed by atoms with Crippen LogP contribution in [0.4, 0.5) is 5.69 Å². The smallest absolute Gasteiger partial charge is 0.239 e. The highest BCUT2D eigenvalue weighted by Gasteiger charge is 2.23. The first-order valence-electron chi connectivity index (χ1n) is 5.85. The van der Waals surface area contributed by atoms with Crippen LogP contribution in [0.15, 0.2) is 18.2 Å². The van der Waals surface area contributed by atoms with E-state index in [9.17, 15) is 9.59 Å². The number of halogens is 1. The number of anilines is 1. The van der Waals surface area contributed by atoms with Crippen molar-refractivity contribution in [2.45, 2.75) is 18.9 Å². The lowest BCUT2D eigenvalue weighted by Gasteiger charge is -2.20. The quantitative estimate of drug-likeness (QED) is 0.828. The molecule has 96 valence electrons. The second-order valence-corrected chi connectivity index (χ2v) is 4.96. The first kappa shape index (κ1) is 12.9. The fraction of sp³-hybridized carbons (Fsp3) is 0.385. The number of likely N-dealkylation sites (N-methyl/N-ethyl adjacent to an activating group) is 1. The Bertz CT molecular complexity index is 472. The highest BCUT2D eigenvalue weighted by molar-refractivity contribution is 6.31. The minimum absolute atomic E-state index is 0.0307. The average Bonchev–Trinajstić information content (AvgIpc) is 3.12. The lowest BCUT2D eigenvalue weighted by atomic mass is 10.2. The molecule has 0 radical (unpaired) electrons. The molecule has 0 atom stereocenters. The Morgan fingerprint density at radius 2 is 2.28 bits per heavy atom. The van der Waals surface area contributed by atoms with E-state index in [0.717, 1.165) is 19.1 Å². The number of nitrogens with zero attached hydrogens (tertiary/aromatic N) is 1. The molecule has 1 fully saturated rings. The Balaban J connectivity index is 2.06. The van der Waals surface area contributed by atoms with Crippen molar-refractivity contribution in [3.63, 3.8) is 0 Å². The van der Waals surface area contributed by atoms with Crippen molar-refractivity contribution in [2.75, 3.05) is 18.5 Å². The molecule has 1 saturated carbocycles. The van der Waals surface area contributed by atoms with E-state index in [0.29, 0.717) is 22.3 Å². The molecule has 0 bridgehead atoms. The monoisotopic (exact) mass is 266 g/mol. The molecule has 1 aliphatic carbocycles. The van der Waals surface area contributed by atoms with Crippen molar-refractivity contribution in [3.05, 3.63) is 28.8 Å². The molecule has 0 heterocycles. The molecule has 0 spiro atoms. The molecule has 5 heteroatoms. The molecule has 2 rings (SSSR count). The lowest BCUT2D eigenvalue weighted by Crippen LogP contribution is -2.36. The number of benzene rings is 1. The molecule has 1 aromatic carbocycles. The lowest BCUT2D eigenvalue weighted by molar-refractivity contribution is -0.119. The summed E-state index contributed by atoms with van der Waals surface area (Å²) in [5, 5.41) is 3.45.